The first-order valence-corrected chi connectivity index (χ1v) is 10.0. The van der Waals surface area contributed by atoms with Crippen LogP contribution in [-0.4, -0.2) is 43.0 Å². The second-order valence-electron chi connectivity index (χ2n) is 7.47. The first kappa shape index (κ1) is 19.4. The minimum atomic E-state index is 0.00495. The SMILES string of the molecule is CCN(CCNC(=O)c1ccc(N2CCc3ccccc3C2)cc1)C(C)C. The van der Waals surface area contributed by atoms with E-state index in [9.17, 15) is 4.79 Å². The summed E-state index contributed by atoms with van der Waals surface area (Å²) in [4.78, 5) is 17.1. The predicted octanol–water partition coefficient (Wildman–Crippen LogP) is 3.71. The van der Waals surface area contributed by atoms with Gasteiger partial charge in [-0.05, 0) is 62.2 Å². The molecule has 0 fully saturated rings. The number of carbonyl (C=O) groups is 1. The molecule has 0 aliphatic carbocycles. The fourth-order valence-corrected chi connectivity index (χ4v) is 3.74. The van der Waals surface area contributed by atoms with Crippen molar-refractivity contribution in [2.24, 2.45) is 0 Å². The fourth-order valence-electron chi connectivity index (χ4n) is 3.74. The summed E-state index contributed by atoms with van der Waals surface area (Å²) in [7, 11) is 0. The number of hydrogen-bond donors (Lipinski definition) is 1. The number of benzene rings is 2. The monoisotopic (exact) mass is 365 g/mol. The van der Waals surface area contributed by atoms with E-state index < -0.39 is 0 Å². The summed E-state index contributed by atoms with van der Waals surface area (Å²) in [6.07, 6.45) is 1.07. The number of carbonyl (C=O) groups excluding carboxylic acids is 1. The highest BCUT2D eigenvalue weighted by Crippen LogP contribution is 2.24. The van der Waals surface area contributed by atoms with Crippen molar-refractivity contribution in [2.45, 2.75) is 39.8 Å². The van der Waals surface area contributed by atoms with Crippen molar-refractivity contribution in [3.8, 4) is 0 Å². The van der Waals surface area contributed by atoms with Gasteiger partial charge in [0, 0.05) is 43.5 Å². The van der Waals surface area contributed by atoms with Crippen LogP contribution in [0.15, 0.2) is 48.5 Å². The van der Waals surface area contributed by atoms with E-state index in [1.165, 1.54) is 16.8 Å². The first-order valence-electron chi connectivity index (χ1n) is 10.0. The highest BCUT2D eigenvalue weighted by Gasteiger charge is 2.16. The lowest BCUT2D eigenvalue weighted by Crippen LogP contribution is -2.38. The van der Waals surface area contributed by atoms with E-state index in [2.05, 4.69) is 72.3 Å². The van der Waals surface area contributed by atoms with E-state index in [1.807, 2.05) is 12.1 Å². The van der Waals surface area contributed by atoms with Gasteiger partial charge in [0.05, 0.1) is 0 Å². The van der Waals surface area contributed by atoms with Gasteiger partial charge in [-0.1, -0.05) is 31.2 Å². The third kappa shape index (κ3) is 4.89. The van der Waals surface area contributed by atoms with Crippen LogP contribution in [-0.2, 0) is 13.0 Å². The van der Waals surface area contributed by atoms with Crippen LogP contribution in [0.25, 0.3) is 0 Å². The van der Waals surface area contributed by atoms with Crippen molar-refractivity contribution in [1.82, 2.24) is 10.2 Å². The van der Waals surface area contributed by atoms with Crippen molar-refractivity contribution in [2.75, 3.05) is 31.1 Å². The van der Waals surface area contributed by atoms with Gasteiger partial charge in [-0.15, -0.1) is 0 Å². The Balaban J connectivity index is 1.55. The van der Waals surface area contributed by atoms with Crippen LogP contribution in [0.2, 0.25) is 0 Å². The van der Waals surface area contributed by atoms with Crippen molar-refractivity contribution in [3.63, 3.8) is 0 Å². The zero-order valence-electron chi connectivity index (χ0n) is 16.7. The maximum absolute atomic E-state index is 12.4. The summed E-state index contributed by atoms with van der Waals surface area (Å²) in [5.41, 5.74) is 4.75. The molecule has 0 spiro atoms. The molecule has 1 aliphatic rings. The minimum absolute atomic E-state index is 0.00495. The van der Waals surface area contributed by atoms with Crippen molar-refractivity contribution >= 4 is 11.6 Å². The van der Waals surface area contributed by atoms with E-state index in [1.54, 1.807) is 0 Å². The second kappa shape index (κ2) is 9.05. The second-order valence-corrected chi connectivity index (χ2v) is 7.47. The zero-order valence-corrected chi connectivity index (χ0v) is 16.7. The van der Waals surface area contributed by atoms with Crippen LogP contribution < -0.4 is 10.2 Å². The van der Waals surface area contributed by atoms with Crippen molar-refractivity contribution in [3.05, 3.63) is 65.2 Å². The van der Waals surface area contributed by atoms with Gasteiger partial charge in [-0.25, -0.2) is 0 Å². The number of rotatable bonds is 7. The normalized spacial score (nSPS) is 13.7. The Labute approximate surface area is 163 Å². The number of nitrogens with one attached hydrogen (secondary N) is 1. The van der Waals surface area contributed by atoms with Crippen LogP contribution in [0.1, 0.15) is 42.3 Å². The molecule has 0 unspecified atom stereocenters. The Morgan fingerprint density at radius 1 is 1.11 bits per heavy atom. The zero-order chi connectivity index (χ0) is 19.2. The molecule has 0 aromatic heterocycles. The van der Waals surface area contributed by atoms with Gasteiger partial charge in [-0.3, -0.25) is 9.69 Å². The molecule has 3 rings (SSSR count). The summed E-state index contributed by atoms with van der Waals surface area (Å²) < 4.78 is 0. The molecule has 144 valence electrons. The third-order valence-corrected chi connectivity index (χ3v) is 5.45. The molecule has 4 heteroatoms. The molecule has 1 aliphatic heterocycles. The number of likely N-dealkylation sites (N-methyl/N-ethyl adjacent to an activating group) is 1. The van der Waals surface area contributed by atoms with E-state index in [0.717, 1.165) is 38.2 Å². The molecule has 2 aromatic rings. The summed E-state index contributed by atoms with van der Waals surface area (Å²) in [6, 6.07) is 17.2. The fraction of sp³-hybridized carbons (Fsp3) is 0.435. The maximum Gasteiger partial charge on any atom is 0.251 e. The largest absolute Gasteiger partial charge is 0.367 e. The van der Waals surface area contributed by atoms with Gasteiger partial charge in [0.25, 0.3) is 5.91 Å². The maximum atomic E-state index is 12.4. The molecule has 0 bridgehead atoms. The Hall–Kier alpha value is -2.33. The number of nitrogens with zero attached hydrogens (tertiary/aromatic N) is 2. The van der Waals surface area contributed by atoms with Crippen LogP contribution in [0.4, 0.5) is 5.69 Å². The van der Waals surface area contributed by atoms with E-state index in [-0.39, 0.29) is 5.91 Å². The minimum Gasteiger partial charge on any atom is -0.367 e. The van der Waals surface area contributed by atoms with E-state index >= 15 is 0 Å². The van der Waals surface area contributed by atoms with Crippen molar-refractivity contribution in [1.29, 1.82) is 0 Å². The van der Waals surface area contributed by atoms with Crippen LogP contribution in [0.5, 0.6) is 0 Å². The Kier molecular flexibility index (Phi) is 6.51. The van der Waals surface area contributed by atoms with Gasteiger partial charge in [-0.2, -0.15) is 0 Å². The average molecular weight is 366 g/mol. The third-order valence-electron chi connectivity index (χ3n) is 5.45. The molecule has 1 amide bonds. The molecule has 1 N–H and O–H groups in total. The Bertz CT molecular complexity index is 754. The smallest absolute Gasteiger partial charge is 0.251 e. The molecular formula is C23H31N3O. The average Bonchev–Trinajstić information content (AvgIpc) is 2.70. The molecule has 0 radical (unpaired) electrons. The topological polar surface area (TPSA) is 35.6 Å². The lowest BCUT2D eigenvalue weighted by molar-refractivity contribution is 0.0946. The standard InChI is InChI=1S/C23H31N3O/c1-4-25(18(2)3)16-14-24-23(27)20-9-11-22(12-10-20)26-15-13-19-7-5-6-8-21(19)17-26/h5-12,18H,4,13-17H2,1-3H3,(H,24,27). The summed E-state index contributed by atoms with van der Waals surface area (Å²) in [5, 5.41) is 3.04. The van der Waals surface area contributed by atoms with Gasteiger partial charge < -0.3 is 10.2 Å². The molecule has 4 nitrogen and oxygen atoms in total. The van der Waals surface area contributed by atoms with Crippen LogP contribution in [0.3, 0.4) is 0 Å². The Morgan fingerprint density at radius 2 is 1.81 bits per heavy atom. The van der Waals surface area contributed by atoms with Gasteiger partial charge in [0.15, 0.2) is 0 Å². The highest BCUT2D eigenvalue weighted by atomic mass is 16.1. The molecule has 0 saturated carbocycles. The van der Waals surface area contributed by atoms with E-state index in [0.29, 0.717) is 12.6 Å². The molecule has 0 atom stereocenters. The van der Waals surface area contributed by atoms with Gasteiger partial charge in [0.1, 0.15) is 0 Å². The number of amides is 1. The molecule has 1 heterocycles. The highest BCUT2D eigenvalue weighted by molar-refractivity contribution is 5.94. The van der Waals surface area contributed by atoms with Gasteiger partial charge >= 0.3 is 0 Å². The van der Waals surface area contributed by atoms with E-state index in [4.69, 9.17) is 0 Å². The number of hydrogen-bond acceptors (Lipinski definition) is 3. The molecular weight excluding hydrogens is 334 g/mol. The molecule has 0 saturated heterocycles. The first-order chi connectivity index (χ1) is 13.1. The van der Waals surface area contributed by atoms with Gasteiger partial charge in [0.2, 0.25) is 0 Å². The predicted molar refractivity (Wildman–Crippen MR) is 112 cm³/mol. The summed E-state index contributed by atoms with van der Waals surface area (Å²) in [5.74, 6) is 0.00495. The Morgan fingerprint density at radius 3 is 2.48 bits per heavy atom. The summed E-state index contributed by atoms with van der Waals surface area (Å²) >= 11 is 0. The van der Waals surface area contributed by atoms with Crippen molar-refractivity contribution < 1.29 is 4.79 Å². The quantitative estimate of drug-likeness (QED) is 0.812. The van der Waals surface area contributed by atoms with Crippen LogP contribution >= 0.6 is 0 Å². The molecule has 27 heavy (non-hydrogen) atoms. The lowest BCUT2D eigenvalue weighted by atomic mass is 9.99. The number of anilines is 1. The summed E-state index contributed by atoms with van der Waals surface area (Å²) in [6.45, 7) is 11.0. The molecule has 2 aromatic carbocycles. The van der Waals surface area contributed by atoms with Crippen LogP contribution in [0, 0.1) is 0 Å². The lowest BCUT2D eigenvalue weighted by Gasteiger charge is -2.30. The number of fused-ring (bicyclic) bond motifs is 1.